The fourth-order valence-electron chi connectivity index (χ4n) is 6.53. The van der Waals surface area contributed by atoms with Gasteiger partial charge in [-0.15, -0.1) is 11.3 Å². The molecule has 2 aromatic rings. The fraction of sp³-hybridized carbons (Fsp3) is 0.484. The molecule has 0 spiro atoms. The van der Waals surface area contributed by atoms with Gasteiger partial charge in [0, 0.05) is 16.4 Å². The third-order valence-electron chi connectivity index (χ3n) is 8.14. The fourth-order valence-corrected chi connectivity index (χ4v) is 7.22. The standard InChI is InChI=1S/C31H37NO4S/c1-3-8-20(16-21-10-5-6-12-26(21)33)13-14-27-28-22(9-4-2)17-24-29(25(28)19-36-27)31(35)32(30(24)34)18-23-11-7-15-37-23/h5-7,10-12,15-16,24-25,27,29,33H,3-4,8-9,13-14,17-19H2,1-2H3/b20-16+/t24-,25+,27-,29-/m1/s1. The number of carbonyl (C=O) groups excluding carboxylic acids is 2. The van der Waals surface area contributed by atoms with E-state index < -0.39 is 0 Å². The molecule has 3 aliphatic rings. The molecular weight excluding hydrogens is 482 g/mol. The Hall–Kier alpha value is -2.70. The van der Waals surface area contributed by atoms with Gasteiger partial charge in [-0.05, 0) is 55.2 Å². The van der Waals surface area contributed by atoms with Gasteiger partial charge in [-0.25, -0.2) is 0 Å². The van der Waals surface area contributed by atoms with Crippen molar-refractivity contribution in [3.05, 3.63) is 68.9 Å². The number of ether oxygens (including phenoxy) is 1. The number of amides is 2. The Kier molecular flexibility index (Phi) is 7.96. The highest BCUT2D eigenvalue weighted by Crippen LogP contribution is 2.51. The SMILES string of the molecule is CCCC1=C2[C@@H](CC/C(=C/c3ccccc3O)CCC)OC[C@@H]2[C@@H]2C(=O)N(Cc3cccs3)C(=O)[C@@H]2C1. The number of likely N-dealkylation sites (tertiary alicyclic amines) is 1. The highest BCUT2D eigenvalue weighted by molar-refractivity contribution is 7.09. The second-order valence-electron chi connectivity index (χ2n) is 10.6. The average molecular weight is 520 g/mol. The maximum absolute atomic E-state index is 13.6. The molecule has 37 heavy (non-hydrogen) atoms. The largest absolute Gasteiger partial charge is 0.507 e. The van der Waals surface area contributed by atoms with E-state index in [2.05, 4.69) is 19.9 Å². The summed E-state index contributed by atoms with van der Waals surface area (Å²) < 4.78 is 6.40. The van der Waals surface area contributed by atoms with Gasteiger partial charge in [0.1, 0.15) is 5.75 Å². The van der Waals surface area contributed by atoms with Gasteiger partial charge in [0.25, 0.3) is 0 Å². The molecule has 0 saturated carbocycles. The van der Waals surface area contributed by atoms with Crippen molar-refractivity contribution in [2.45, 2.75) is 71.4 Å². The number of carbonyl (C=O) groups is 2. The summed E-state index contributed by atoms with van der Waals surface area (Å²) in [5, 5.41) is 12.2. The van der Waals surface area contributed by atoms with Crippen LogP contribution in [0.25, 0.3) is 6.08 Å². The zero-order chi connectivity index (χ0) is 25.9. The molecule has 3 heterocycles. The molecule has 1 N–H and O–H groups in total. The van der Waals surface area contributed by atoms with E-state index in [0.29, 0.717) is 25.3 Å². The van der Waals surface area contributed by atoms with Crippen molar-refractivity contribution >= 4 is 29.2 Å². The van der Waals surface area contributed by atoms with Gasteiger partial charge in [0.15, 0.2) is 0 Å². The lowest BCUT2D eigenvalue weighted by molar-refractivity contribution is -0.140. The van der Waals surface area contributed by atoms with Gasteiger partial charge in [0.2, 0.25) is 11.8 Å². The van der Waals surface area contributed by atoms with Crippen LogP contribution in [0.2, 0.25) is 0 Å². The summed E-state index contributed by atoms with van der Waals surface area (Å²) in [6.45, 7) is 5.26. The predicted molar refractivity (Wildman–Crippen MR) is 147 cm³/mol. The van der Waals surface area contributed by atoms with Crippen LogP contribution >= 0.6 is 11.3 Å². The van der Waals surface area contributed by atoms with Crippen LogP contribution in [0.15, 0.2) is 58.5 Å². The van der Waals surface area contributed by atoms with E-state index in [1.54, 1.807) is 17.4 Å². The van der Waals surface area contributed by atoms with Gasteiger partial charge < -0.3 is 9.84 Å². The molecule has 2 fully saturated rings. The summed E-state index contributed by atoms with van der Waals surface area (Å²) in [5.41, 5.74) is 4.80. The maximum Gasteiger partial charge on any atom is 0.234 e. The van der Waals surface area contributed by atoms with E-state index in [9.17, 15) is 14.7 Å². The van der Waals surface area contributed by atoms with Crippen molar-refractivity contribution in [2.24, 2.45) is 17.8 Å². The number of allylic oxidation sites excluding steroid dienone is 2. The Morgan fingerprint density at radius 1 is 1.08 bits per heavy atom. The van der Waals surface area contributed by atoms with Crippen LogP contribution in [0.1, 0.15) is 69.2 Å². The first-order valence-electron chi connectivity index (χ1n) is 13.7. The highest BCUT2D eigenvalue weighted by atomic mass is 32.1. The van der Waals surface area contributed by atoms with E-state index in [0.717, 1.165) is 49.0 Å². The Morgan fingerprint density at radius 3 is 2.65 bits per heavy atom. The minimum Gasteiger partial charge on any atom is -0.507 e. The minimum absolute atomic E-state index is 0.00432. The molecule has 0 radical (unpaired) electrons. The molecular formula is C31H37NO4S. The average Bonchev–Trinajstić information content (AvgIpc) is 3.61. The number of phenols is 1. The molecule has 1 aromatic carbocycles. The summed E-state index contributed by atoms with van der Waals surface area (Å²) in [6, 6.07) is 11.4. The molecule has 0 bridgehead atoms. The van der Waals surface area contributed by atoms with Crippen molar-refractivity contribution in [3.8, 4) is 5.75 Å². The number of phenolic OH excluding ortho intramolecular Hbond substituents is 1. The van der Waals surface area contributed by atoms with Crippen molar-refractivity contribution < 1.29 is 19.4 Å². The zero-order valence-corrected chi connectivity index (χ0v) is 22.6. The molecule has 0 unspecified atom stereocenters. The Labute approximate surface area is 223 Å². The predicted octanol–water partition coefficient (Wildman–Crippen LogP) is 6.73. The second kappa shape index (κ2) is 11.4. The lowest BCUT2D eigenvalue weighted by Gasteiger charge is -2.32. The number of rotatable bonds is 10. The van der Waals surface area contributed by atoms with Crippen molar-refractivity contribution in [3.63, 3.8) is 0 Å². The van der Waals surface area contributed by atoms with E-state index in [-0.39, 0.29) is 35.7 Å². The molecule has 1 aliphatic carbocycles. The zero-order valence-electron chi connectivity index (χ0n) is 21.8. The van der Waals surface area contributed by atoms with Crippen molar-refractivity contribution in [2.75, 3.05) is 6.61 Å². The van der Waals surface area contributed by atoms with Crippen LogP contribution in [0.4, 0.5) is 0 Å². The number of nitrogens with zero attached hydrogens (tertiary/aromatic N) is 1. The molecule has 2 saturated heterocycles. The van der Waals surface area contributed by atoms with Crippen LogP contribution in [0, 0.1) is 17.8 Å². The second-order valence-corrected chi connectivity index (χ2v) is 11.6. The van der Waals surface area contributed by atoms with Gasteiger partial charge in [-0.1, -0.05) is 68.2 Å². The first kappa shape index (κ1) is 25.9. The number of benzene rings is 1. The lowest BCUT2D eigenvalue weighted by atomic mass is 9.68. The summed E-state index contributed by atoms with van der Waals surface area (Å²) in [5.74, 6) is -0.253. The van der Waals surface area contributed by atoms with E-state index in [1.165, 1.54) is 21.6 Å². The molecule has 196 valence electrons. The van der Waals surface area contributed by atoms with Gasteiger partial charge in [-0.2, -0.15) is 0 Å². The van der Waals surface area contributed by atoms with Gasteiger partial charge >= 0.3 is 0 Å². The Bertz CT molecular complexity index is 1200. The molecule has 1 aromatic heterocycles. The van der Waals surface area contributed by atoms with E-state index in [4.69, 9.17) is 4.74 Å². The Morgan fingerprint density at radius 2 is 1.92 bits per heavy atom. The van der Waals surface area contributed by atoms with E-state index >= 15 is 0 Å². The van der Waals surface area contributed by atoms with Crippen molar-refractivity contribution in [1.82, 2.24) is 4.90 Å². The molecule has 5 rings (SSSR count). The summed E-state index contributed by atoms with van der Waals surface area (Å²) >= 11 is 1.59. The number of imide groups is 1. The van der Waals surface area contributed by atoms with Crippen molar-refractivity contribution in [1.29, 1.82) is 0 Å². The van der Waals surface area contributed by atoms with Crippen LogP contribution in [0.3, 0.4) is 0 Å². The molecule has 4 atom stereocenters. The molecule has 2 aliphatic heterocycles. The maximum atomic E-state index is 13.6. The number of para-hydroxylation sites is 1. The third-order valence-corrected chi connectivity index (χ3v) is 9.00. The highest BCUT2D eigenvalue weighted by Gasteiger charge is 2.56. The number of thiophene rings is 1. The van der Waals surface area contributed by atoms with Crippen LogP contribution in [-0.4, -0.2) is 34.5 Å². The van der Waals surface area contributed by atoms with Crippen LogP contribution in [-0.2, 0) is 20.9 Å². The number of fused-ring (bicyclic) bond motifs is 3. The number of hydrogen-bond acceptors (Lipinski definition) is 5. The van der Waals surface area contributed by atoms with Crippen LogP contribution in [0.5, 0.6) is 5.75 Å². The van der Waals surface area contributed by atoms with Gasteiger partial charge in [-0.3, -0.25) is 14.5 Å². The molecule has 6 heteroatoms. The smallest absolute Gasteiger partial charge is 0.234 e. The van der Waals surface area contributed by atoms with Crippen LogP contribution < -0.4 is 0 Å². The number of aromatic hydroxyl groups is 1. The first-order chi connectivity index (χ1) is 18.0. The van der Waals surface area contributed by atoms with Gasteiger partial charge in [0.05, 0.1) is 31.1 Å². The van der Waals surface area contributed by atoms with E-state index in [1.807, 2.05) is 35.7 Å². The summed E-state index contributed by atoms with van der Waals surface area (Å²) in [4.78, 5) is 29.5. The quantitative estimate of drug-likeness (QED) is 0.279. The normalized spacial score (nSPS) is 25.7. The summed E-state index contributed by atoms with van der Waals surface area (Å²) in [6.07, 6.45) is 8.52. The minimum atomic E-state index is -0.292. The first-order valence-corrected chi connectivity index (χ1v) is 14.6. The lowest BCUT2D eigenvalue weighted by Crippen LogP contribution is -2.34. The monoisotopic (exact) mass is 519 g/mol. The topological polar surface area (TPSA) is 66.8 Å². The Balaban J connectivity index is 1.36. The summed E-state index contributed by atoms with van der Waals surface area (Å²) in [7, 11) is 0. The number of hydrogen-bond donors (Lipinski definition) is 1. The molecule has 5 nitrogen and oxygen atoms in total. The third kappa shape index (κ3) is 5.19. The molecule has 2 amide bonds.